The van der Waals surface area contributed by atoms with Gasteiger partial charge in [-0.1, -0.05) is 41.9 Å². The fourth-order valence-electron chi connectivity index (χ4n) is 5.58. The molecule has 0 spiro atoms. The van der Waals surface area contributed by atoms with Crippen molar-refractivity contribution in [2.45, 2.75) is 38.0 Å². The molecule has 8 heteroatoms. The fourth-order valence-corrected chi connectivity index (χ4v) is 5.88. The normalized spacial score (nSPS) is 23.0. The van der Waals surface area contributed by atoms with Crippen molar-refractivity contribution in [2.75, 3.05) is 51.3 Å². The second kappa shape index (κ2) is 9.90. The van der Waals surface area contributed by atoms with Gasteiger partial charge in [0.05, 0.1) is 18.4 Å². The molecule has 3 aliphatic rings. The molecule has 1 aromatic heterocycles. The number of aromatic nitrogens is 2. The van der Waals surface area contributed by atoms with E-state index in [9.17, 15) is 0 Å². The Labute approximate surface area is 211 Å². The summed E-state index contributed by atoms with van der Waals surface area (Å²) in [6, 6.07) is 13.2. The average molecular weight is 494 g/mol. The molecule has 35 heavy (non-hydrogen) atoms. The quantitative estimate of drug-likeness (QED) is 0.576. The number of ether oxygens (including phenoxy) is 2. The van der Waals surface area contributed by atoms with E-state index in [0.717, 1.165) is 77.6 Å². The molecular formula is C27H32ClN5O2. The van der Waals surface area contributed by atoms with Gasteiger partial charge in [-0.05, 0) is 43.5 Å². The maximum Gasteiger partial charge on any atom is 0.318 e. The number of rotatable bonds is 5. The third-order valence-electron chi connectivity index (χ3n) is 7.58. The highest BCUT2D eigenvalue weighted by Crippen LogP contribution is 2.39. The van der Waals surface area contributed by atoms with Gasteiger partial charge in [0.2, 0.25) is 0 Å². The average Bonchev–Trinajstić information content (AvgIpc) is 3.31. The van der Waals surface area contributed by atoms with Gasteiger partial charge in [-0.3, -0.25) is 0 Å². The zero-order valence-electron chi connectivity index (χ0n) is 20.2. The Hall–Kier alpha value is -2.45. The van der Waals surface area contributed by atoms with E-state index < -0.39 is 0 Å². The molecule has 3 aromatic rings. The van der Waals surface area contributed by atoms with Crippen LogP contribution >= 0.6 is 11.6 Å². The Morgan fingerprint density at radius 3 is 2.74 bits per heavy atom. The zero-order valence-corrected chi connectivity index (χ0v) is 20.9. The minimum atomic E-state index is -0.120. The van der Waals surface area contributed by atoms with Crippen LogP contribution in [0.4, 0.5) is 5.82 Å². The molecule has 0 bridgehead atoms. The van der Waals surface area contributed by atoms with Crippen molar-refractivity contribution in [1.82, 2.24) is 20.2 Å². The van der Waals surface area contributed by atoms with Crippen LogP contribution in [0, 0.1) is 0 Å². The van der Waals surface area contributed by atoms with Gasteiger partial charge in [0, 0.05) is 54.6 Å². The van der Waals surface area contributed by atoms with Gasteiger partial charge < -0.3 is 24.6 Å². The summed E-state index contributed by atoms with van der Waals surface area (Å²) in [6.07, 6.45) is 2.92. The molecule has 7 nitrogen and oxygen atoms in total. The summed E-state index contributed by atoms with van der Waals surface area (Å²) in [5, 5.41) is 6.36. The van der Waals surface area contributed by atoms with E-state index in [4.69, 9.17) is 31.0 Å². The smallest absolute Gasteiger partial charge is 0.318 e. The predicted octanol–water partition coefficient (Wildman–Crippen LogP) is 3.98. The number of hydrogen-bond donors (Lipinski definition) is 1. The molecule has 2 saturated heterocycles. The number of halogens is 1. The van der Waals surface area contributed by atoms with Crippen LogP contribution in [0.3, 0.4) is 0 Å². The van der Waals surface area contributed by atoms with Crippen molar-refractivity contribution in [1.29, 1.82) is 0 Å². The van der Waals surface area contributed by atoms with E-state index in [0.29, 0.717) is 31.7 Å². The number of likely N-dealkylation sites (N-methyl/N-ethyl adjacent to an activating group) is 1. The van der Waals surface area contributed by atoms with Crippen molar-refractivity contribution in [2.24, 2.45) is 0 Å². The van der Waals surface area contributed by atoms with Gasteiger partial charge in [0.25, 0.3) is 0 Å². The molecule has 2 atom stereocenters. The van der Waals surface area contributed by atoms with Crippen LogP contribution < -0.4 is 15.0 Å². The maximum atomic E-state index is 6.63. The minimum Gasteiger partial charge on any atom is -0.462 e. The van der Waals surface area contributed by atoms with Crippen molar-refractivity contribution in [3.8, 4) is 6.01 Å². The highest BCUT2D eigenvalue weighted by Gasteiger charge is 2.30. The van der Waals surface area contributed by atoms with Gasteiger partial charge in [0.1, 0.15) is 12.4 Å². The molecule has 6 rings (SSSR count). The summed E-state index contributed by atoms with van der Waals surface area (Å²) in [5.41, 5.74) is 3.21. The van der Waals surface area contributed by atoms with E-state index in [1.54, 1.807) is 0 Å². The number of benzene rings is 2. The van der Waals surface area contributed by atoms with E-state index in [1.165, 1.54) is 6.42 Å². The summed E-state index contributed by atoms with van der Waals surface area (Å²) in [7, 11) is 2.16. The number of piperazine rings is 1. The zero-order chi connectivity index (χ0) is 23.8. The summed E-state index contributed by atoms with van der Waals surface area (Å²) < 4.78 is 12.7. The third-order valence-corrected chi connectivity index (χ3v) is 7.90. The lowest BCUT2D eigenvalue weighted by Gasteiger charge is -2.33. The van der Waals surface area contributed by atoms with Gasteiger partial charge >= 0.3 is 6.01 Å². The first-order chi connectivity index (χ1) is 17.2. The molecule has 3 aliphatic heterocycles. The lowest BCUT2D eigenvalue weighted by atomic mass is 9.94. The summed E-state index contributed by atoms with van der Waals surface area (Å²) in [5.74, 6) is 0.959. The summed E-state index contributed by atoms with van der Waals surface area (Å²) in [6.45, 7) is 5.94. The highest BCUT2D eigenvalue weighted by molar-refractivity contribution is 6.35. The molecule has 0 amide bonds. The molecule has 0 aliphatic carbocycles. The van der Waals surface area contributed by atoms with Gasteiger partial charge in [0.15, 0.2) is 0 Å². The summed E-state index contributed by atoms with van der Waals surface area (Å²) in [4.78, 5) is 14.5. The van der Waals surface area contributed by atoms with E-state index in [-0.39, 0.29) is 6.10 Å². The first kappa shape index (κ1) is 23.0. The molecule has 4 heterocycles. The number of likely N-dealkylation sites (tertiary alicyclic amines) is 1. The Kier molecular flexibility index (Phi) is 6.50. The first-order valence-electron chi connectivity index (χ1n) is 12.6. The van der Waals surface area contributed by atoms with Crippen molar-refractivity contribution in [3.63, 3.8) is 0 Å². The van der Waals surface area contributed by atoms with E-state index in [2.05, 4.69) is 46.4 Å². The van der Waals surface area contributed by atoms with Gasteiger partial charge in [-0.25, -0.2) is 0 Å². The van der Waals surface area contributed by atoms with E-state index >= 15 is 0 Å². The number of anilines is 1. The largest absolute Gasteiger partial charge is 0.462 e. The van der Waals surface area contributed by atoms with Crippen molar-refractivity contribution >= 4 is 28.2 Å². The lowest BCUT2D eigenvalue weighted by Crippen LogP contribution is -2.44. The highest BCUT2D eigenvalue weighted by atomic mass is 35.5. The monoisotopic (exact) mass is 493 g/mol. The Balaban J connectivity index is 1.33. The second-order valence-electron chi connectivity index (χ2n) is 9.77. The maximum absolute atomic E-state index is 6.63. The lowest BCUT2D eigenvalue weighted by molar-refractivity contribution is 0.0265. The molecule has 1 unspecified atom stereocenters. The molecule has 184 valence electrons. The SMILES string of the molecule is CN1CCC[C@H]1COc1nc2c(c(N3CCNCC3)n1)COC(c1cccc3cccc(Cl)c13)C2. The Morgan fingerprint density at radius 2 is 1.94 bits per heavy atom. The van der Waals surface area contributed by atoms with Crippen LogP contribution in [0.15, 0.2) is 36.4 Å². The fraction of sp³-hybridized carbons (Fsp3) is 0.481. The third kappa shape index (κ3) is 4.58. The predicted molar refractivity (Wildman–Crippen MR) is 138 cm³/mol. The molecule has 0 radical (unpaired) electrons. The standard InChI is InChI=1S/C27H32ClN5O2/c1-32-12-4-7-19(32)16-35-27-30-23-15-24(20-8-2-5-18-6-3-9-22(28)25(18)20)34-17-21(23)26(31-27)33-13-10-29-11-14-33/h2-3,5-6,8-9,19,24,29H,4,7,10-17H2,1H3/t19-,24?/m0/s1. The summed E-state index contributed by atoms with van der Waals surface area (Å²) >= 11 is 6.63. The van der Waals surface area contributed by atoms with Crippen LogP contribution in [0.2, 0.25) is 5.02 Å². The number of nitrogens with zero attached hydrogens (tertiary/aromatic N) is 4. The van der Waals surface area contributed by atoms with Crippen LogP contribution in [0.1, 0.15) is 35.8 Å². The minimum absolute atomic E-state index is 0.120. The Morgan fingerprint density at radius 1 is 1.11 bits per heavy atom. The van der Waals surface area contributed by atoms with Crippen LogP contribution in [-0.4, -0.2) is 67.3 Å². The number of nitrogens with one attached hydrogen (secondary N) is 1. The van der Waals surface area contributed by atoms with Crippen molar-refractivity contribution < 1.29 is 9.47 Å². The topological polar surface area (TPSA) is 62.8 Å². The molecule has 2 fully saturated rings. The van der Waals surface area contributed by atoms with Gasteiger partial charge in [-0.2, -0.15) is 9.97 Å². The first-order valence-corrected chi connectivity index (χ1v) is 13.0. The van der Waals surface area contributed by atoms with Crippen molar-refractivity contribution in [3.05, 3.63) is 58.2 Å². The number of hydrogen-bond acceptors (Lipinski definition) is 7. The van der Waals surface area contributed by atoms with Gasteiger partial charge in [-0.15, -0.1) is 0 Å². The molecular weight excluding hydrogens is 462 g/mol. The van der Waals surface area contributed by atoms with Crippen LogP contribution in [0.25, 0.3) is 10.8 Å². The Bertz CT molecular complexity index is 1210. The molecule has 2 aromatic carbocycles. The van der Waals surface area contributed by atoms with Crippen LogP contribution in [0.5, 0.6) is 6.01 Å². The van der Waals surface area contributed by atoms with E-state index in [1.807, 2.05) is 12.1 Å². The van der Waals surface area contributed by atoms with Crippen LogP contribution in [-0.2, 0) is 17.8 Å². The number of fused-ring (bicyclic) bond motifs is 2. The molecule has 0 saturated carbocycles. The second-order valence-corrected chi connectivity index (χ2v) is 10.2. The molecule has 1 N–H and O–H groups in total.